The first-order valence-electron chi connectivity index (χ1n) is 16.1. The molecule has 2 aromatic rings. The number of fused-ring (bicyclic) bond motifs is 2. The summed E-state index contributed by atoms with van der Waals surface area (Å²) in [5.41, 5.74) is 5.20. The number of benzene rings is 2. The summed E-state index contributed by atoms with van der Waals surface area (Å²) in [6, 6.07) is 16.3. The zero-order valence-electron chi connectivity index (χ0n) is 26.2. The van der Waals surface area contributed by atoms with E-state index in [0.717, 1.165) is 42.4 Å². The summed E-state index contributed by atoms with van der Waals surface area (Å²) >= 11 is 0. The third-order valence-electron chi connectivity index (χ3n) is 10.4. The average Bonchev–Trinajstić information content (AvgIpc) is 3.55. The number of carbonyl (C=O) groups is 3. The molecular formula is C37H42N2O7. The van der Waals surface area contributed by atoms with E-state index < -0.39 is 40.3 Å². The fourth-order valence-electron chi connectivity index (χ4n) is 7.58. The highest BCUT2D eigenvalue weighted by Gasteiger charge is 2.85. The second-order valence-corrected chi connectivity index (χ2v) is 13.1. The van der Waals surface area contributed by atoms with Gasteiger partial charge in [0.2, 0.25) is 5.78 Å². The monoisotopic (exact) mass is 626 g/mol. The van der Waals surface area contributed by atoms with Crippen LogP contribution in [0.4, 0.5) is 0 Å². The standard InChI is InChI=1S/C37H42N2O7/c1-24(13-14-25-15-18-39-31(38)19-25)27(22-40)21-36-32(42)28-11-5-6-12-29(28)33(43)37(36,46-36)34(44)45-23-30(41)35(16-7-8-17-35)20-26-9-3-2-4-10-26/h2-6,9-12,15,19,30,39-41H,7-8,13-14,16-18,20-23,38H2,1H3/b27-24-/t30-,36-,37-/m0/s1. The second-order valence-electron chi connectivity index (χ2n) is 13.1. The molecule has 1 saturated heterocycles. The number of esters is 1. The summed E-state index contributed by atoms with van der Waals surface area (Å²) in [6.45, 7) is 1.81. The molecule has 1 saturated carbocycles. The molecule has 0 amide bonds. The molecule has 0 unspecified atom stereocenters. The van der Waals surface area contributed by atoms with Crippen molar-refractivity contribution in [1.82, 2.24) is 5.32 Å². The molecule has 0 bridgehead atoms. The molecule has 0 spiro atoms. The van der Waals surface area contributed by atoms with Crippen molar-refractivity contribution in [1.29, 1.82) is 0 Å². The summed E-state index contributed by atoms with van der Waals surface area (Å²) in [4.78, 5) is 42.1. The zero-order valence-corrected chi connectivity index (χ0v) is 26.2. The van der Waals surface area contributed by atoms with Crippen LogP contribution < -0.4 is 11.1 Å². The van der Waals surface area contributed by atoms with E-state index in [1.165, 1.54) is 6.07 Å². The molecule has 5 N–H and O–H groups in total. The van der Waals surface area contributed by atoms with Crippen LogP contribution in [0, 0.1) is 5.41 Å². The Bertz CT molecular complexity index is 1620. The van der Waals surface area contributed by atoms with E-state index in [1.54, 1.807) is 18.2 Å². The lowest BCUT2D eigenvalue weighted by atomic mass is 9.71. The van der Waals surface area contributed by atoms with Crippen molar-refractivity contribution in [3.05, 3.63) is 106 Å². The first-order valence-corrected chi connectivity index (χ1v) is 16.1. The fraction of sp³-hybridized carbons (Fsp3) is 0.432. The fourth-order valence-corrected chi connectivity index (χ4v) is 7.58. The third-order valence-corrected chi connectivity index (χ3v) is 10.4. The normalized spacial score (nSPS) is 25.7. The molecule has 46 heavy (non-hydrogen) atoms. The van der Waals surface area contributed by atoms with Crippen molar-refractivity contribution >= 4 is 17.5 Å². The van der Waals surface area contributed by atoms with Gasteiger partial charge in [-0.05, 0) is 61.8 Å². The van der Waals surface area contributed by atoms with E-state index >= 15 is 0 Å². The van der Waals surface area contributed by atoms with Crippen molar-refractivity contribution in [3.63, 3.8) is 0 Å². The van der Waals surface area contributed by atoms with Crippen molar-refractivity contribution < 1.29 is 34.1 Å². The van der Waals surface area contributed by atoms with Gasteiger partial charge >= 0.3 is 5.97 Å². The number of allylic oxidation sites excluding steroid dienone is 3. The van der Waals surface area contributed by atoms with Gasteiger partial charge in [-0.25, -0.2) is 4.79 Å². The van der Waals surface area contributed by atoms with E-state index in [0.29, 0.717) is 37.2 Å². The Morgan fingerprint density at radius 3 is 2.39 bits per heavy atom. The van der Waals surface area contributed by atoms with Gasteiger partial charge in [-0.15, -0.1) is 0 Å². The highest BCUT2D eigenvalue weighted by molar-refractivity contribution is 6.32. The lowest BCUT2D eigenvalue weighted by molar-refractivity contribution is -0.154. The highest BCUT2D eigenvalue weighted by Crippen LogP contribution is 2.59. The number of nitrogens with two attached hydrogens (primary N) is 1. The smallest absolute Gasteiger partial charge is 0.350 e. The van der Waals surface area contributed by atoms with Gasteiger partial charge in [0.1, 0.15) is 6.61 Å². The maximum Gasteiger partial charge on any atom is 0.350 e. The zero-order chi connectivity index (χ0) is 32.5. The molecular weight excluding hydrogens is 584 g/mol. The maximum absolute atomic E-state index is 14.1. The largest absolute Gasteiger partial charge is 0.460 e. The summed E-state index contributed by atoms with van der Waals surface area (Å²) in [5, 5.41) is 24.9. The number of hydrogen-bond acceptors (Lipinski definition) is 9. The lowest BCUT2D eigenvalue weighted by Crippen LogP contribution is -2.51. The van der Waals surface area contributed by atoms with E-state index in [-0.39, 0.29) is 30.8 Å². The van der Waals surface area contributed by atoms with Crippen LogP contribution >= 0.6 is 0 Å². The molecule has 0 aromatic heterocycles. The average molecular weight is 627 g/mol. The molecule has 4 aliphatic rings. The molecule has 2 heterocycles. The SMILES string of the molecule is C/C(CCC1=CCNC(N)=C1)=C(/CO)C[C@@]12O[C@]1(C(=O)OC[C@H](O)C1(Cc3ccccc3)CCCC1)C(=O)c1ccccc1C2=O. The van der Waals surface area contributed by atoms with Gasteiger partial charge in [-0.3, -0.25) is 9.59 Å². The van der Waals surface area contributed by atoms with E-state index in [1.807, 2.05) is 49.4 Å². The van der Waals surface area contributed by atoms with Crippen LogP contribution in [0.5, 0.6) is 0 Å². The number of Topliss-reactive ketones (excluding diaryl/α,β-unsaturated/α-hetero) is 2. The number of aliphatic hydroxyl groups excluding tert-OH is 2. The topological polar surface area (TPSA) is 151 Å². The minimum atomic E-state index is -2.18. The molecule has 2 fully saturated rings. The van der Waals surface area contributed by atoms with Crippen molar-refractivity contribution in [2.24, 2.45) is 11.1 Å². The predicted molar refractivity (Wildman–Crippen MR) is 172 cm³/mol. The van der Waals surface area contributed by atoms with Crippen molar-refractivity contribution in [2.45, 2.75) is 75.6 Å². The number of ketones is 2. The van der Waals surface area contributed by atoms with Gasteiger partial charge in [0.05, 0.1) is 18.5 Å². The van der Waals surface area contributed by atoms with Gasteiger partial charge in [-0.1, -0.05) is 79.1 Å². The summed E-state index contributed by atoms with van der Waals surface area (Å²) in [5.74, 6) is -1.53. The number of aliphatic hydroxyl groups is 2. The Morgan fingerprint density at radius 2 is 1.72 bits per heavy atom. The molecule has 3 atom stereocenters. The van der Waals surface area contributed by atoms with Gasteiger partial charge < -0.3 is 30.7 Å². The number of dihydropyridines is 1. The predicted octanol–water partition coefficient (Wildman–Crippen LogP) is 4.09. The summed E-state index contributed by atoms with van der Waals surface area (Å²) in [6.07, 6.45) is 8.19. The van der Waals surface area contributed by atoms with Crippen LogP contribution in [0.15, 0.2) is 89.3 Å². The molecule has 242 valence electrons. The number of ether oxygens (including phenoxy) is 2. The molecule has 2 aliphatic carbocycles. The van der Waals surface area contributed by atoms with E-state index in [4.69, 9.17) is 15.2 Å². The second kappa shape index (κ2) is 12.6. The summed E-state index contributed by atoms with van der Waals surface area (Å²) < 4.78 is 11.8. The Morgan fingerprint density at radius 1 is 1.04 bits per heavy atom. The first kappa shape index (κ1) is 31.9. The molecule has 9 heteroatoms. The molecule has 9 nitrogen and oxygen atoms in total. The van der Waals surface area contributed by atoms with Crippen LogP contribution in [-0.4, -0.2) is 64.8 Å². The quantitative estimate of drug-likeness (QED) is 0.118. The Kier molecular flexibility index (Phi) is 8.76. The minimum absolute atomic E-state index is 0.0999. The van der Waals surface area contributed by atoms with Crippen LogP contribution in [0.25, 0.3) is 0 Å². The molecule has 0 radical (unpaired) electrons. The van der Waals surface area contributed by atoms with E-state index in [9.17, 15) is 24.6 Å². The van der Waals surface area contributed by atoms with E-state index in [2.05, 4.69) is 5.32 Å². The highest BCUT2D eigenvalue weighted by atomic mass is 16.7. The number of nitrogens with one attached hydrogen (secondary N) is 1. The number of rotatable bonds is 12. The molecule has 6 rings (SSSR count). The summed E-state index contributed by atoms with van der Waals surface area (Å²) in [7, 11) is 0. The molecule has 2 aliphatic heterocycles. The van der Waals surface area contributed by atoms with Crippen molar-refractivity contribution in [2.75, 3.05) is 19.8 Å². The first-order chi connectivity index (χ1) is 22.2. The van der Waals surface area contributed by atoms with Crippen LogP contribution in [0.3, 0.4) is 0 Å². The van der Waals surface area contributed by atoms with Gasteiger partial charge in [0.15, 0.2) is 11.4 Å². The van der Waals surface area contributed by atoms with Gasteiger partial charge in [0.25, 0.3) is 5.60 Å². The Labute approximate surface area is 269 Å². The number of epoxide rings is 1. The van der Waals surface area contributed by atoms with Crippen molar-refractivity contribution in [3.8, 4) is 0 Å². The van der Waals surface area contributed by atoms with Gasteiger partial charge in [-0.2, -0.15) is 0 Å². The van der Waals surface area contributed by atoms with Crippen LogP contribution in [0.2, 0.25) is 0 Å². The van der Waals surface area contributed by atoms with Gasteiger partial charge in [0, 0.05) is 29.5 Å². The Hall–Kier alpha value is -4.05. The van der Waals surface area contributed by atoms with Crippen LogP contribution in [0.1, 0.15) is 78.1 Å². The number of hydrogen-bond donors (Lipinski definition) is 4. The van der Waals surface area contributed by atoms with Crippen LogP contribution in [-0.2, 0) is 20.7 Å². The maximum atomic E-state index is 14.1. The third kappa shape index (κ3) is 5.50. The lowest BCUT2D eigenvalue weighted by Gasteiger charge is -2.34. The molecule has 2 aromatic carbocycles. The minimum Gasteiger partial charge on any atom is -0.460 e. The Balaban J connectivity index is 1.25. The number of carbonyl (C=O) groups excluding carboxylic acids is 3.